The lowest BCUT2D eigenvalue weighted by molar-refractivity contribution is -0.124. The second-order valence-corrected chi connectivity index (χ2v) is 12.4. The molecule has 11 heteroatoms. The normalized spacial score (nSPS) is 14.1. The largest absolute Gasteiger partial charge is 0.392 e. The molecule has 37 heavy (non-hydrogen) atoms. The van der Waals surface area contributed by atoms with Crippen molar-refractivity contribution in [2.75, 3.05) is 17.6 Å². The van der Waals surface area contributed by atoms with Crippen molar-refractivity contribution >= 4 is 28.0 Å². The molecule has 1 amide bonds. The smallest absolute Gasteiger partial charge is 0.239 e. The highest BCUT2D eigenvalue weighted by Crippen LogP contribution is 2.31. The summed E-state index contributed by atoms with van der Waals surface area (Å²) >= 11 is 0. The fourth-order valence-corrected chi connectivity index (χ4v) is 3.91. The highest BCUT2D eigenvalue weighted by molar-refractivity contribution is 7.92. The molecule has 0 aliphatic heterocycles. The van der Waals surface area contributed by atoms with Crippen LogP contribution in [0.1, 0.15) is 64.6 Å². The number of hydrogen-bond donors (Lipinski definition) is 3. The molecule has 1 heterocycles. The molecular weight excluding hydrogens is 499 g/mol. The lowest BCUT2D eigenvalue weighted by Crippen LogP contribution is -2.42. The summed E-state index contributed by atoms with van der Waals surface area (Å²) in [5.74, 6) is -0.955. The molecular formula is C26H37FN4O5S. The van der Waals surface area contributed by atoms with Crippen molar-refractivity contribution in [3.63, 3.8) is 0 Å². The van der Waals surface area contributed by atoms with Crippen molar-refractivity contribution in [1.29, 1.82) is 0 Å². The van der Waals surface area contributed by atoms with Crippen LogP contribution in [0.2, 0.25) is 0 Å². The molecule has 0 saturated carbocycles. The van der Waals surface area contributed by atoms with Crippen LogP contribution in [-0.4, -0.2) is 65.6 Å². The SMILES string of the molecule is CC(C)c1nc(N(C)S(C)(=O)=O)nc(-c2ccc(F)cc2)c1/C=C/[C@@H](O)C[C@@H](O)CC(=O)NC(C)(C)C. The summed E-state index contributed by atoms with van der Waals surface area (Å²) in [6.07, 6.45) is 1.72. The Kier molecular flexibility index (Phi) is 9.92. The van der Waals surface area contributed by atoms with Crippen LogP contribution >= 0.6 is 0 Å². The molecule has 0 spiro atoms. The summed E-state index contributed by atoms with van der Waals surface area (Å²) in [6.45, 7) is 9.27. The Hall–Kier alpha value is -2.89. The number of rotatable bonds is 10. The Morgan fingerprint density at radius 1 is 1.16 bits per heavy atom. The molecule has 3 N–H and O–H groups in total. The first-order valence-electron chi connectivity index (χ1n) is 11.9. The van der Waals surface area contributed by atoms with E-state index in [0.717, 1.165) is 10.6 Å². The van der Waals surface area contributed by atoms with Crippen LogP contribution in [0.4, 0.5) is 10.3 Å². The van der Waals surface area contributed by atoms with E-state index in [1.54, 1.807) is 6.08 Å². The van der Waals surface area contributed by atoms with Gasteiger partial charge in [0.25, 0.3) is 0 Å². The van der Waals surface area contributed by atoms with Gasteiger partial charge in [-0.3, -0.25) is 4.79 Å². The number of nitrogens with zero attached hydrogens (tertiary/aromatic N) is 3. The molecule has 2 atom stereocenters. The van der Waals surface area contributed by atoms with E-state index < -0.39 is 33.6 Å². The first-order chi connectivity index (χ1) is 17.0. The number of anilines is 1. The number of carbonyl (C=O) groups excluding carboxylic acids is 1. The van der Waals surface area contributed by atoms with E-state index in [1.165, 1.54) is 37.4 Å². The minimum absolute atomic E-state index is 0.0384. The predicted molar refractivity (Wildman–Crippen MR) is 143 cm³/mol. The van der Waals surface area contributed by atoms with Crippen molar-refractivity contribution in [2.24, 2.45) is 0 Å². The average molecular weight is 537 g/mol. The third kappa shape index (κ3) is 9.17. The maximum atomic E-state index is 13.6. The van der Waals surface area contributed by atoms with E-state index in [0.29, 0.717) is 22.5 Å². The Balaban J connectivity index is 2.45. The maximum Gasteiger partial charge on any atom is 0.239 e. The van der Waals surface area contributed by atoms with Crippen LogP contribution < -0.4 is 9.62 Å². The Morgan fingerprint density at radius 2 is 1.76 bits per heavy atom. The summed E-state index contributed by atoms with van der Waals surface area (Å²) in [5.41, 5.74) is 1.50. The van der Waals surface area contributed by atoms with Crippen LogP contribution in [0, 0.1) is 5.82 Å². The fraction of sp³-hybridized carbons (Fsp3) is 0.500. The third-order valence-electron chi connectivity index (χ3n) is 5.34. The predicted octanol–water partition coefficient (Wildman–Crippen LogP) is 3.23. The zero-order chi connectivity index (χ0) is 28.1. The average Bonchev–Trinajstić information content (AvgIpc) is 2.75. The lowest BCUT2D eigenvalue weighted by Gasteiger charge is -2.22. The second-order valence-electron chi connectivity index (χ2n) is 10.4. The molecule has 0 saturated heterocycles. The molecule has 0 bridgehead atoms. The van der Waals surface area contributed by atoms with Crippen molar-refractivity contribution in [1.82, 2.24) is 15.3 Å². The minimum atomic E-state index is -3.65. The van der Waals surface area contributed by atoms with Crippen molar-refractivity contribution < 1.29 is 27.8 Å². The van der Waals surface area contributed by atoms with E-state index >= 15 is 0 Å². The van der Waals surface area contributed by atoms with Crippen LogP contribution in [0.3, 0.4) is 0 Å². The molecule has 204 valence electrons. The summed E-state index contributed by atoms with van der Waals surface area (Å²) in [7, 11) is -2.30. The summed E-state index contributed by atoms with van der Waals surface area (Å²) in [6, 6.07) is 5.59. The van der Waals surface area contributed by atoms with E-state index in [2.05, 4.69) is 15.3 Å². The Morgan fingerprint density at radius 3 is 2.27 bits per heavy atom. The molecule has 1 aromatic heterocycles. The number of aliphatic hydroxyl groups excluding tert-OH is 2. The first kappa shape index (κ1) is 30.3. The van der Waals surface area contributed by atoms with Gasteiger partial charge in [-0.1, -0.05) is 26.0 Å². The quantitative estimate of drug-likeness (QED) is 0.425. The molecule has 0 aliphatic carbocycles. The van der Waals surface area contributed by atoms with Gasteiger partial charge in [0.15, 0.2) is 0 Å². The second kappa shape index (κ2) is 12.1. The van der Waals surface area contributed by atoms with Gasteiger partial charge in [-0.25, -0.2) is 27.1 Å². The number of aromatic nitrogens is 2. The van der Waals surface area contributed by atoms with Gasteiger partial charge in [-0.15, -0.1) is 0 Å². The Bertz CT molecular complexity index is 1220. The van der Waals surface area contributed by atoms with Crippen molar-refractivity contribution in [3.05, 3.63) is 47.4 Å². The zero-order valence-electron chi connectivity index (χ0n) is 22.4. The van der Waals surface area contributed by atoms with Gasteiger partial charge in [-0.05, 0) is 51.0 Å². The molecule has 2 rings (SSSR count). The Labute approximate surface area is 218 Å². The highest BCUT2D eigenvalue weighted by atomic mass is 32.2. The van der Waals surface area contributed by atoms with Crippen molar-refractivity contribution in [2.45, 2.75) is 71.1 Å². The number of nitrogens with one attached hydrogen (secondary N) is 1. The summed E-state index contributed by atoms with van der Waals surface area (Å²) in [5, 5.41) is 23.6. The minimum Gasteiger partial charge on any atom is -0.392 e. The molecule has 9 nitrogen and oxygen atoms in total. The lowest BCUT2D eigenvalue weighted by atomic mass is 9.97. The number of hydrogen-bond acceptors (Lipinski definition) is 7. The van der Waals surface area contributed by atoms with Gasteiger partial charge in [0.1, 0.15) is 5.82 Å². The molecule has 0 unspecified atom stereocenters. The van der Waals surface area contributed by atoms with E-state index in [4.69, 9.17) is 0 Å². The van der Waals surface area contributed by atoms with Gasteiger partial charge in [-0.2, -0.15) is 0 Å². The molecule has 2 aromatic rings. The van der Waals surface area contributed by atoms with Crippen LogP contribution in [-0.2, 0) is 14.8 Å². The monoisotopic (exact) mass is 536 g/mol. The molecule has 1 aromatic carbocycles. The van der Waals surface area contributed by atoms with Gasteiger partial charge in [0.2, 0.25) is 21.9 Å². The molecule has 0 aliphatic rings. The standard InChI is InChI=1S/C26H37FN4O5S/c1-16(2)23-21(13-12-19(32)14-20(33)15-22(34)30-26(3,4)5)24(17-8-10-18(27)11-9-17)29-25(28-23)31(6)37(7,35)36/h8-13,16,19-20,32-33H,14-15H2,1-7H3,(H,30,34)/b13-12+/t19-,20-/m1/s1. The molecule has 0 radical (unpaired) electrons. The highest BCUT2D eigenvalue weighted by Gasteiger charge is 2.23. The summed E-state index contributed by atoms with van der Waals surface area (Å²) in [4.78, 5) is 21.0. The number of benzene rings is 1. The van der Waals surface area contributed by atoms with Gasteiger partial charge >= 0.3 is 0 Å². The molecule has 0 fully saturated rings. The van der Waals surface area contributed by atoms with Crippen LogP contribution in [0.25, 0.3) is 17.3 Å². The topological polar surface area (TPSA) is 133 Å². The first-order valence-corrected chi connectivity index (χ1v) is 13.8. The number of amides is 1. The van der Waals surface area contributed by atoms with E-state index in [1.807, 2.05) is 34.6 Å². The fourth-order valence-electron chi connectivity index (χ4n) is 3.53. The van der Waals surface area contributed by atoms with Gasteiger partial charge < -0.3 is 15.5 Å². The number of sulfonamides is 1. The van der Waals surface area contributed by atoms with Crippen molar-refractivity contribution in [3.8, 4) is 11.3 Å². The number of carbonyl (C=O) groups is 1. The van der Waals surface area contributed by atoms with Crippen LogP contribution in [0.5, 0.6) is 0 Å². The summed E-state index contributed by atoms with van der Waals surface area (Å²) < 4.78 is 38.9. The number of aliphatic hydroxyl groups is 2. The number of halogens is 1. The van der Waals surface area contributed by atoms with Gasteiger partial charge in [0.05, 0.1) is 36.3 Å². The van der Waals surface area contributed by atoms with Gasteiger partial charge in [0, 0.05) is 30.1 Å². The van der Waals surface area contributed by atoms with E-state index in [9.17, 15) is 27.8 Å². The third-order valence-corrected chi connectivity index (χ3v) is 6.50. The van der Waals surface area contributed by atoms with Crippen LogP contribution in [0.15, 0.2) is 30.3 Å². The van der Waals surface area contributed by atoms with E-state index in [-0.39, 0.29) is 30.6 Å². The zero-order valence-corrected chi connectivity index (χ0v) is 23.2. The maximum absolute atomic E-state index is 13.6.